The van der Waals surface area contributed by atoms with Crippen molar-refractivity contribution in [3.05, 3.63) is 186 Å². The molecule has 278 valence electrons. The number of rotatable bonds is 6. The molecule has 9 aromatic rings. The molecule has 0 bridgehead atoms. The van der Waals surface area contributed by atoms with Gasteiger partial charge in [0.25, 0.3) is 6.71 Å². The van der Waals surface area contributed by atoms with Gasteiger partial charge in [-0.25, -0.2) is 0 Å². The van der Waals surface area contributed by atoms with Crippen LogP contribution in [0.5, 0.6) is 23.0 Å². The predicted octanol–water partition coefficient (Wildman–Crippen LogP) is 12.5. The number of nitrogens with zero attached hydrogens (tertiary/aromatic N) is 2. The van der Waals surface area contributed by atoms with Crippen LogP contribution in [-0.4, -0.2) is 6.71 Å². The number of furan rings is 1. The van der Waals surface area contributed by atoms with Gasteiger partial charge < -0.3 is 23.7 Å². The lowest BCUT2D eigenvalue weighted by molar-refractivity contribution is 0.465. The molecule has 58 heavy (non-hydrogen) atoms. The first kappa shape index (κ1) is 33.0. The Morgan fingerprint density at radius 3 is 1.53 bits per heavy atom. The lowest BCUT2D eigenvalue weighted by Gasteiger charge is -2.35. The minimum absolute atomic E-state index is 0.265. The molecule has 0 saturated carbocycles. The van der Waals surface area contributed by atoms with Gasteiger partial charge in [0.2, 0.25) is 0 Å². The highest BCUT2D eigenvalue weighted by Crippen LogP contribution is 2.47. The van der Waals surface area contributed by atoms with E-state index in [-0.39, 0.29) is 6.71 Å². The van der Waals surface area contributed by atoms with Crippen LogP contribution < -0.4 is 35.7 Å². The molecule has 6 heteroatoms. The molecule has 5 nitrogen and oxygen atoms in total. The molecule has 0 aliphatic carbocycles. The van der Waals surface area contributed by atoms with Crippen LogP contribution in [0.25, 0.3) is 21.9 Å². The van der Waals surface area contributed by atoms with E-state index in [0.717, 1.165) is 84.0 Å². The van der Waals surface area contributed by atoms with Gasteiger partial charge in [0.15, 0.2) is 5.58 Å². The lowest BCUT2D eigenvalue weighted by atomic mass is 9.34. The van der Waals surface area contributed by atoms with Gasteiger partial charge in [-0.15, -0.1) is 0 Å². The van der Waals surface area contributed by atoms with Gasteiger partial charge in [0.1, 0.15) is 28.6 Å². The van der Waals surface area contributed by atoms with E-state index < -0.39 is 0 Å². The largest absolute Gasteiger partial charge is 0.458 e. The first-order valence-electron chi connectivity index (χ1n) is 20.3. The number of benzene rings is 8. The zero-order chi connectivity index (χ0) is 39.9. The molecular formula is C52H39BN2O3. The molecule has 3 heterocycles. The fraction of sp³-hybridized carbons (Fsp3) is 0.0769. The van der Waals surface area contributed by atoms with Gasteiger partial charge in [-0.1, -0.05) is 101 Å². The number of anilines is 6. The number of fused-ring (bicyclic) bond motifs is 8. The minimum atomic E-state index is -0.265. The molecule has 8 aromatic carbocycles. The van der Waals surface area contributed by atoms with E-state index in [9.17, 15) is 0 Å². The fourth-order valence-corrected chi connectivity index (χ4v) is 8.68. The van der Waals surface area contributed by atoms with Gasteiger partial charge in [-0.2, -0.15) is 0 Å². The smallest absolute Gasteiger partial charge is 0.261 e. The lowest BCUT2D eigenvalue weighted by Crippen LogP contribution is -2.57. The second-order valence-corrected chi connectivity index (χ2v) is 15.6. The molecule has 0 amide bonds. The number of aryl methyl sites for hydroxylation is 4. The van der Waals surface area contributed by atoms with Crippen molar-refractivity contribution >= 4 is 79.2 Å². The maximum Gasteiger partial charge on any atom is 0.261 e. The van der Waals surface area contributed by atoms with Gasteiger partial charge in [0, 0.05) is 56.8 Å². The maximum absolute atomic E-state index is 8.90. The summed E-state index contributed by atoms with van der Waals surface area (Å²) in [5.74, 6) is 2.70. The van der Waals surface area contributed by atoms with Crippen LogP contribution >= 0.6 is 0 Å². The number of hydrogen-bond acceptors (Lipinski definition) is 5. The van der Waals surface area contributed by atoms with Crippen LogP contribution in [0.4, 0.5) is 34.1 Å². The number of para-hydroxylation sites is 1. The van der Waals surface area contributed by atoms with Crippen molar-refractivity contribution in [2.45, 2.75) is 27.7 Å². The highest BCUT2D eigenvalue weighted by atomic mass is 16.5. The third kappa shape index (κ3) is 5.47. The quantitative estimate of drug-likeness (QED) is 0.158. The van der Waals surface area contributed by atoms with Gasteiger partial charge in [-0.3, -0.25) is 0 Å². The van der Waals surface area contributed by atoms with Crippen molar-refractivity contribution in [2.24, 2.45) is 0 Å². The summed E-state index contributed by atoms with van der Waals surface area (Å²) < 4.78 is 29.7. The van der Waals surface area contributed by atoms with E-state index in [1.54, 1.807) is 0 Å². The summed E-state index contributed by atoms with van der Waals surface area (Å²) in [5, 5.41) is 2.00. The Labute approximate surface area is 339 Å². The van der Waals surface area contributed by atoms with E-state index >= 15 is 0 Å². The molecule has 0 fully saturated rings. The topological polar surface area (TPSA) is 38.1 Å². The van der Waals surface area contributed by atoms with E-state index in [4.69, 9.17) is 15.3 Å². The van der Waals surface area contributed by atoms with Gasteiger partial charge >= 0.3 is 0 Å². The molecule has 0 spiro atoms. The zero-order valence-corrected chi connectivity index (χ0v) is 32.7. The normalized spacial score (nSPS) is 12.6. The predicted molar refractivity (Wildman–Crippen MR) is 240 cm³/mol. The van der Waals surface area contributed by atoms with E-state index in [1.165, 1.54) is 22.3 Å². The molecule has 2 aliphatic rings. The van der Waals surface area contributed by atoms with Crippen LogP contribution in [0, 0.1) is 27.7 Å². The van der Waals surface area contributed by atoms with Crippen molar-refractivity contribution in [1.29, 1.82) is 0 Å². The van der Waals surface area contributed by atoms with E-state index in [0.29, 0.717) is 17.5 Å². The highest BCUT2D eigenvalue weighted by Gasteiger charge is 2.43. The zero-order valence-electron chi connectivity index (χ0n) is 33.7. The molecule has 2 aliphatic heterocycles. The SMILES string of the molecule is [2H]c1cc2c3c(c1)Oc1cc(N(c4ccc(C)cc4)c4ccc(C)cc4)c4oc5ccccc5c4c1B3c1ccc(N(c3ccc(C)cc3)c3ccc(C)cc3)cc1O2. The standard InChI is InChI=1S/C52H39BN2O3/c1-32-12-20-36(21-13-32)54(37-22-14-33(2)15-23-37)40-28-29-42-47(30-40)56-45-10-7-11-46-50(45)53(42)51-48(57-46)31-43(52-49(51)41-8-5-6-9-44(41)58-52)55(38-24-16-34(3)17-25-38)39-26-18-35(4)19-27-39/h5-31H,1-4H3/i7D. The summed E-state index contributed by atoms with van der Waals surface area (Å²) in [6.07, 6.45) is 0. The third-order valence-corrected chi connectivity index (χ3v) is 11.6. The second kappa shape index (κ2) is 13.2. The molecule has 11 rings (SSSR count). The highest BCUT2D eigenvalue weighted by molar-refractivity contribution is 6.99. The second-order valence-electron chi connectivity index (χ2n) is 15.6. The van der Waals surface area contributed by atoms with Crippen LogP contribution in [0.15, 0.2) is 168 Å². The summed E-state index contributed by atoms with van der Waals surface area (Å²) in [7, 11) is 0. The Hall–Kier alpha value is -7.18. The minimum Gasteiger partial charge on any atom is -0.458 e. The third-order valence-electron chi connectivity index (χ3n) is 11.6. The van der Waals surface area contributed by atoms with Crippen molar-refractivity contribution in [1.82, 2.24) is 0 Å². The monoisotopic (exact) mass is 751 g/mol. The Morgan fingerprint density at radius 2 is 0.966 bits per heavy atom. The van der Waals surface area contributed by atoms with Crippen molar-refractivity contribution in [3.63, 3.8) is 0 Å². The Bertz CT molecular complexity index is 3000. The average Bonchev–Trinajstić information content (AvgIpc) is 3.63. The van der Waals surface area contributed by atoms with Crippen LogP contribution in [0.1, 0.15) is 23.6 Å². The van der Waals surface area contributed by atoms with Crippen molar-refractivity contribution < 1.29 is 15.3 Å². The summed E-state index contributed by atoms with van der Waals surface area (Å²) in [4.78, 5) is 4.52. The maximum atomic E-state index is 8.90. The first-order chi connectivity index (χ1) is 28.8. The van der Waals surface area contributed by atoms with Gasteiger partial charge in [-0.05, 0) is 111 Å². The molecule has 1 aromatic heterocycles. The van der Waals surface area contributed by atoms with Crippen LogP contribution in [-0.2, 0) is 0 Å². The molecular weight excluding hydrogens is 711 g/mol. The number of hydrogen-bond donors (Lipinski definition) is 0. The fourth-order valence-electron chi connectivity index (χ4n) is 8.68. The summed E-state index contributed by atoms with van der Waals surface area (Å²) >= 11 is 0. The Balaban J connectivity index is 1.16. The van der Waals surface area contributed by atoms with Crippen LogP contribution in [0.3, 0.4) is 0 Å². The van der Waals surface area contributed by atoms with E-state index in [1.807, 2.05) is 24.3 Å². The Morgan fingerprint density at radius 1 is 0.466 bits per heavy atom. The molecule has 0 saturated heterocycles. The van der Waals surface area contributed by atoms with Crippen molar-refractivity contribution in [3.8, 4) is 23.0 Å². The molecule has 0 radical (unpaired) electrons. The Kier molecular flexibility index (Phi) is 7.52. The average molecular weight is 752 g/mol. The molecule has 0 atom stereocenters. The number of ether oxygens (including phenoxy) is 2. The molecule has 0 unspecified atom stereocenters. The molecule has 0 N–H and O–H groups in total. The van der Waals surface area contributed by atoms with Crippen molar-refractivity contribution in [2.75, 3.05) is 9.80 Å². The van der Waals surface area contributed by atoms with Crippen LogP contribution in [0.2, 0.25) is 0 Å². The first-order valence-corrected chi connectivity index (χ1v) is 19.8. The summed E-state index contributed by atoms with van der Waals surface area (Å²) in [6, 6.07) is 55.2. The van der Waals surface area contributed by atoms with E-state index in [2.05, 4.69) is 171 Å². The van der Waals surface area contributed by atoms with Gasteiger partial charge in [0.05, 0.1) is 7.06 Å². The summed E-state index contributed by atoms with van der Waals surface area (Å²) in [6.45, 7) is 8.16. The summed E-state index contributed by atoms with van der Waals surface area (Å²) in [5.41, 5.74) is 15.2.